The minimum absolute atomic E-state index is 0.0420. The van der Waals surface area contributed by atoms with Crippen molar-refractivity contribution in [3.8, 4) is 11.5 Å². The molecule has 0 saturated carbocycles. The lowest BCUT2D eigenvalue weighted by molar-refractivity contribution is -0.132. The average Bonchev–Trinajstić information content (AvgIpc) is 3.13. The molecule has 0 radical (unpaired) electrons. The van der Waals surface area contributed by atoms with Crippen LogP contribution in [0.25, 0.3) is 5.76 Å². The van der Waals surface area contributed by atoms with Crippen LogP contribution in [0.2, 0.25) is 0 Å². The largest absolute Gasteiger partial charge is 0.507 e. The number of amides is 2. The van der Waals surface area contributed by atoms with Crippen LogP contribution in [-0.2, 0) is 14.4 Å². The van der Waals surface area contributed by atoms with Crippen molar-refractivity contribution in [1.82, 2.24) is 0 Å². The minimum Gasteiger partial charge on any atom is -0.507 e. The first-order valence-corrected chi connectivity index (χ1v) is 11.2. The monoisotopic (exact) mass is 486 g/mol. The van der Waals surface area contributed by atoms with E-state index in [1.54, 1.807) is 80.9 Å². The SMILES string of the molecule is COc1ccc(C2/C(=C(\O)c3ccc(OC)c(C)c3)C(=O)C(=O)N2c2cccc(NC(C)=O)c2)cc1. The molecule has 1 atom stereocenters. The maximum Gasteiger partial charge on any atom is 0.300 e. The summed E-state index contributed by atoms with van der Waals surface area (Å²) in [5, 5.41) is 14.0. The van der Waals surface area contributed by atoms with Gasteiger partial charge >= 0.3 is 0 Å². The molecule has 1 aliphatic heterocycles. The molecule has 0 spiro atoms. The van der Waals surface area contributed by atoms with Crippen LogP contribution >= 0.6 is 0 Å². The van der Waals surface area contributed by atoms with Gasteiger partial charge in [0.15, 0.2) is 0 Å². The van der Waals surface area contributed by atoms with E-state index in [4.69, 9.17) is 9.47 Å². The Bertz CT molecular complexity index is 1380. The van der Waals surface area contributed by atoms with E-state index >= 15 is 0 Å². The van der Waals surface area contributed by atoms with Gasteiger partial charge in [-0.05, 0) is 66.6 Å². The summed E-state index contributed by atoms with van der Waals surface area (Å²) in [6, 6.07) is 17.7. The highest BCUT2D eigenvalue weighted by molar-refractivity contribution is 6.51. The molecule has 8 heteroatoms. The quantitative estimate of drug-likeness (QED) is 0.300. The number of Topliss-reactive ketones (excluding diaryl/α,β-unsaturated/α-hetero) is 1. The number of hydrogen-bond donors (Lipinski definition) is 2. The van der Waals surface area contributed by atoms with E-state index in [1.165, 1.54) is 11.8 Å². The van der Waals surface area contributed by atoms with Crippen molar-refractivity contribution in [3.63, 3.8) is 0 Å². The third-order valence-corrected chi connectivity index (χ3v) is 5.99. The topological polar surface area (TPSA) is 105 Å². The number of ether oxygens (including phenoxy) is 2. The minimum atomic E-state index is -0.911. The van der Waals surface area contributed by atoms with E-state index in [1.807, 2.05) is 6.92 Å². The summed E-state index contributed by atoms with van der Waals surface area (Å²) in [5.41, 5.74) is 2.58. The Labute approximate surface area is 208 Å². The van der Waals surface area contributed by atoms with E-state index in [9.17, 15) is 19.5 Å². The molecule has 184 valence electrons. The molecule has 4 rings (SSSR count). The number of rotatable bonds is 6. The number of nitrogens with one attached hydrogen (secondary N) is 1. The normalized spacial score (nSPS) is 16.7. The molecular formula is C28H26N2O6. The van der Waals surface area contributed by atoms with Gasteiger partial charge in [0.1, 0.15) is 17.3 Å². The fraction of sp³-hybridized carbons (Fsp3) is 0.179. The first kappa shape index (κ1) is 24.5. The van der Waals surface area contributed by atoms with Gasteiger partial charge in [0.05, 0.1) is 25.8 Å². The Balaban J connectivity index is 1.91. The molecule has 1 saturated heterocycles. The van der Waals surface area contributed by atoms with Crippen molar-refractivity contribution in [3.05, 3.63) is 89.0 Å². The van der Waals surface area contributed by atoms with Gasteiger partial charge in [0, 0.05) is 23.9 Å². The number of aryl methyl sites for hydroxylation is 1. The van der Waals surface area contributed by atoms with Crippen LogP contribution < -0.4 is 19.7 Å². The zero-order valence-electron chi connectivity index (χ0n) is 20.4. The van der Waals surface area contributed by atoms with E-state index < -0.39 is 17.7 Å². The number of hydrogen-bond acceptors (Lipinski definition) is 6. The van der Waals surface area contributed by atoms with Crippen molar-refractivity contribution in [2.45, 2.75) is 19.9 Å². The summed E-state index contributed by atoms with van der Waals surface area (Å²) in [7, 11) is 3.09. The molecule has 3 aromatic rings. The number of methoxy groups -OCH3 is 2. The van der Waals surface area contributed by atoms with E-state index in [2.05, 4.69) is 5.32 Å². The molecule has 8 nitrogen and oxygen atoms in total. The maximum atomic E-state index is 13.4. The summed E-state index contributed by atoms with van der Waals surface area (Å²) in [5.74, 6) is -0.923. The van der Waals surface area contributed by atoms with Crippen molar-refractivity contribution >= 4 is 34.7 Å². The summed E-state index contributed by atoms with van der Waals surface area (Å²) in [4.78, 5) is 39.6. The zero-order chi connectivity index (χ0) is 26.0. The van der Waals surface area contributed by atoms with Gasteiger partial charge in [0.2, 0.25) is 5.91 Å². The lowest BCUT2D eigenvalue weighted by Crippen LogP contribution is -2.29. The second kappa shape index (κ2) is 9.95. The highest BCUT2D eigenvalue weighted by Crippen LogP contribution is 2.43. The molecule has 36 heavy (non-hydrogen) atoms. The van der Waals surface area contributed by atoms with Gasteiger partial charge in [0.25, 0.3) is 11.7 Å². The van der Waals surface area contributed by atoms with Gasteiger partial charge < -0.3 is 19.9 Å². The molecule has 1 aliphatic rings. The molecule has 1 heterocycles. The van der Waals surface area contributed by atoms with Crippen LogP contribution in [0.4, 0.5) is 11.4 Å². The van der Waals surface area contributed by atoms with Gasteiger partial charge in [-0.15, -0.1) is 0 Å². The Kier molecular flexibility index (Phi) is 6.78. The van der Waals surface area contributed by atoms with Gasteiger partial charge in [-0.1, -0.05) is 18.2 Å². The zero-order valence-corrected chi connectivity index (χ0v) is 20.4. The van der Waals surface area contributed by atoms with Crippen LogP contribution in [0.1, 0.15) is 29.7 Å². The van der Waals surface area contributed by atoms with Gasteiger partial charge in [-0.2, -0.15) is 0 Å². The van der Waals surface area contributed by atoms with Crippen LogP contribution in [-0.4, -0.2) is 36.9 Å². The van der Waals surface area contributed by atoms with Crippen molar-refractivity contribution in [1.29, 1.82) is 0 Å². The summed E-state index contributed by atoms with van der Waals surface area (Å²) < 4.78 is 10.6. The number of carbonyl (C=O) groups excluding carboxylic acids is 3. The highest BCUT2D eigenvalue weighted by Gasteiger charge is 2.47. The van der Waals surface area contributed by atoms with Crippen molar-refractivity contribution < 1.29 is 29.0 Å². The van der Waals surface area contributed by atoms with Crippen molar-refractivity contribution in [2.75, 3.05) is 24.4 Å². The van der Waals surface area contributed by atoms with E-state index in [-0.39, 0.29) is 17.2 Å². The first-order valence-electron chi connectivity index (χ1n) is 11.2. The lowest BCUT2D eigenvalue weighted by atomic mass is 9.94. The number of ketones is 1. The molecule has 0 bridgehead atoms. The molecule has 1 fully saturated rings. The fourth-order valence-corrected chi connectivity index (χ4v) is 4.32. The van der Waals surface area contributed by atoms with E-state index in [0.717, 1.165) is 5.56 Å². The average molecular weight is 487 g/mol. The number of anilines is 2. The summed E-state index contributed by atoms with van der Waals surface area (Å²) in [6.45, 7) is 3.20. The highest BCUT2D eigenvalue weighted by atomic mass is 16.5. The third-order valence-electron chi connectivity index (χ3n) is 5.99. The van der Waals surface area contributed by atoms with Crippen LogP contribution in [0.15, 0.2) is 72.3 Å². The Hall–Kier alpha value is -4.59. The fourth-order valence-electron chi connectivity index (χ4n) is 4.32. The number of nitrogens with zero attached hydrogens (tertiary/aromatic N) is 1. The van der Waals surface area contributed by atoms with E-state index in [0.29, 0.717) is 34.0 Å². The second-order valence-electron chi connectivity index (χ2n) is 8.36. The Morgan fingerprint density at radius 2 is 1.69 bits per heavy atom. The number of aliphatic hydroxyl groups excluding tert-OH is 1. The Morgan fingerprint density at radius 3 is 2.31 bits per heavy atom. The molecule has 1 unspecified atom stereocenters. The molecule has 2 amide bonds. The molecule has 3 aromatic carbocycles. The van der Waals surface area contributed by atoms with Gasteiger partial charge in [-0.3, -0.25) is 19.3 Å². The maximum absolute atomic E-state index is 13.4. The standard InChI is InChI=1S/C28H26N2O6/c1-16-14-19(10-13-23(16)36-4)26(32)24-25(18-8-11-22(35-3)12-9-18)30(28(34)27(24)33)21-7-5-6-20(15-21)29-17(2)31/h5-15,25,32H,1-4H3,(H,29,31)/b26-24+. The predicted octanol–water partition coefficient (Wildman–Crippen LogP) is 4.60. The molecular weight excluding hydrogens is 460 g/mol. The smallest absolute Gasteiger partial charge is 0.300 e. The summed E-state index contributed by atoms with van der Waals surface area (Å²) in [6.07, 6.45) is 0. The van der Waals surface area contributed by atoms with Crippen LogP contribution in [0.5, 0.6) is 11.5 Å². The number of carbonyl (C=O) groups is 3. The third kappa shape index (κ3) is 4.53. The lowest BCUT2D eigenvalue weighted by Gasteiger charge is -2.26. The Morgan fingerprint density at radius 1 is 0.972 bits per heavy atom. The van der Waals surface area contributed by atoms with Crippen LogP contribution in [0.3, 0.4) is 0 Å². The van der Waals surface area contributed by atoms with Crippen molar-refractivity contribution in [2.24, 2.45) is 0 Å². The summed E-state index contributed by atoms with van der Waals surface area (Å²) >= 11 is 0. The van der Waals surface area contributed by atoms with Crippen LogP contribution in [0, 0.1) is 6.92 Å². The number of benzene rings is 3. The second-order valence-corrected chi connectivity index (χ2v) is 8.36. The van der Waals surface area contributed by atoms with Gasteiger partial charge in [-0.25, -0.2) is 0 Å². The molecule has 0 aromatic heterocycles. The predicted molar refractivity (Wildman–Crippen MR) is 136 cm³/mol. The molecule has 0 aliphatic carbocycles. The first-order chi connectivity index (χ1) is 17.2. The number of aliphatic hydroxyl groups is 1. The molecule has 2 N–H and O–H groups in total.